The summed E-state index contributed by atoms with van der Waals surface area (Å²) < 4.78 is 12.4. The van der Waals surface area contributed by atoms with Crippen LogP contribution in [0, 0.1) is 0 Å². The summed E-state index contributed by atoms with van der Waals surface area (Å²) in [6.45, 7) is 0.897. The largest absolute Gasteiger partial charge is 0.325 e. The summed E-state index contributed by atoms with van der Waals surface area (Å²) in [5.74, 6) is 0.450. The standard InChI is InChI=1S/C19H22N2O2S/c22-19(18-11-4-5-12-20-18)21-16-8-6-7-15(13-16)14-24(23)17-9-2-1-3-10-17/h1-3,6-10,13,18,20H,4-5,11-12,14H2,(H,21,22). The van der Waals surface area contributed by atoms with Gasteiger partial charge in [-0.05, 0) is 49.2 Å². The molecule has 1 fully saturated rings. The van der Waals surface area contributed by atoms with Gasteiger partial charge in [0, 0.05) is 10.6 Å². The zero-order valence-corrected chi connectivity index (χ0v) is 14.4. The van der Waals surface area contributed by atoms with E-state index in [1.54, 1.807) is 0 Å². The van der Waals surface area contributed by atoms with E-state index < -0.39 is 10.8 Å². The average Bonchev–Trinajstić information content (AvgIpc) is 2.63. The Balaban J connectivity index is 1.63. The van der Waals surface area contributed by atoms with E-state index in [4.69, 9.17) is 0 Å². The van der Waals surface area contributed by atoms with Gasteiger partial charge in [-0.2, -0.15) is 0 Å². The van der Waals surface area contributed by atoms with Crippen LogP contribution in [0.4, 0.5) is 5.69 Å². The Kier molecular flexibility index (Phi) is 5.77. The number of anilines is 1. The highest BCUT2D eigenvalue weighted by molar-refractivity contribution is 7.84. The second-order valence-electron chi connectivity index (χ2n) is 6.00. The first-order valence-electron chi connectivity index (χ1n) is 8.29. The third-order valence-electron chi connectivity index (χ3n) is 4.13. The van der Waals surface area contributed by atoms with Crippen LogP contribution in [0.1, 0.15) is 24.8 Å². The number of nitrogens with one attached hydrogen (secondary N) is 2. The molecular weight excluding hydrogens is 320 g/mol. The number of hydrogen-bond donors (Lipinski definition) is 2. The maximum absolute atomic E-state index is 12.4. The van der Waals surface area contributed by atoms with Crippen molar-refractivity contribution in [3.8, 4) is 0 Å². The van der Waals surface area contributed by atoms with Crippen molar-refractivity contribution >= 4 is 22.4 Å². The van der Waals surface area contributed by atoms with Gasteiger partial charge in [0.15, 0.2) is 0 Å². The van der Waals surface area contributed by atoms with Gasteiger partial charge in [-0.25, -0.2) is 0 Å². The molecule has 5 heteroatoms. The molecule has 1 amide bonds. The molecule has 1 aliphatic rings. The van der Waals surface area contributed by atoms with E-state index in [9.17, 15) is 9.00 Å². The molecule has 1 heterocycles. The van der Waals surface area contributed by atoms with Gasteiger partial charge < -0.3 is 10.6 Å². The van der Waals surface area contributed by atoms with E-state index in [0.29, 0.717) is 5.75 Å². The van der Waals surface area contributed by atoms with Crippen LogP contribution in [0.5, 0.6) is 0 Å². The van der Waals surface area contributed by atoms with E-state index in [2.05, 4.69) is 10.6 Å². The minimum Gasteiger partial charge on any atom is -0.325 e. The van der Waals surface area contributed by atoms with Crippen molar-refractivity contribution in [1.29, 1.82) is 0 Å². The summed E-state index contributed by atoms with van der Waals surface area (Å²) >= 11 is 0. The number of hydrogen-bond acceptors (Lipinski definition) is 3. The first-order chi connectivity index (χ1) is 11.7. The van der Waals surface area contributed by atoms with Gasteiger partial charge >= 0.3 is 0 Å². The fourth-order valence-corrected chi connectivity index (χ4v) is 3.96. The van der Waals surface area contributed by atoms with E-state index in [1.807, 2.05) is 54.6 Å². The van der Waals surface area contributed by atoms with Crippen molar-refractivity contribution in [2.45, 2.75) is 36.0 Å². The Morgan fingerprint density at radius 2 is 1.96 bits per heavy atom. The number of carbonyl (C=O) groups excluding carboxylic acids is 1. The molecule has 1 aliphatic heterocycles. The maximum Gasteiger partial charge on any atom is 0.241 e. The van der Waals surface area contributed by atoms with Crippen LogP contribution in [0.3, 0.4) is 0 Å². The van der Waals surface area contributed by atoms with Crippen molar-refractivity contribution in [2.24, 2.45) is 0 Å². The minimum absolute atomic E-state index is 0.0102. The van der Waals surface area contributed by atoms with Crippen molar-refractivity contribution in [1.82, 2.24) is 5.32 Å². The van der Waals surface area contributed by atoms with Gasteiger partial charge in [0.05, 0.1) is 22.6 Å². The Hall–Kier alpha value is -1.98. The quantitative estimate of drug-likeness (QED) is 0.878. The van der Waals surface area contributed by atoms with Crippen LogP contribution in [-0.2, 0) is 21.3 Å². The second-order valence-corrected chi connectivity index (χ2v) is 7.45. The lowest BCUT2D eigenvalue weighted by Crippen LogP contribution is -2.43. The molecule has 3 rings (SSSR count). The summed E-state index contributed by atoms with van der Waals surface area (Å²) in [4.78, 5) is 13.1. The van der Waals surface area contributed by atoms with Crippen LogP contribution in [0.25, 0.3) is 0 Å². The Morgan fingerprint density at radius 1 is 1.12 bits per heavy atom. The summed E-state index contributed by atoms with van der Waals surface area (Å²) in [5, 5.41) is 6.21. The fourth-order valence-electron chi connectivity index (χ4n) is 2.85. The lowest BCUT2D eigenvalue weighted by Gasteiger charge is -2.22. The zero-order chi connectivity index (χ0) is 16.8. The summed E-state index contributed by atoms with van der Waals surface area (Å²) in [5.41, 5.74) is 1.71. The van der Waals surface area contributed by atoms with Gasteiger partial charge in [0.25, 0.3) is 0 Å². The highest BCUT2D eigenvalue weighted by atomic mass is 32.2. The number of amides is 1. The number of benzene rings is 2. The van der Waals surface area contributed by atoms with Gasteiger partial charge in [0.2, 0.25) is 5.91 Å². The van der Waals surface area contributed by atoms with Crippen molar-refractivity contribution in [3.63, 3.8) is 0 Å². The Morgan fingerprint density at radius 3 is 2.71 bits per heavy atom. The van der Waals surface area contributed by atoms with Gasteiger partial charge in [-0.15, -0.1) is 0 Å². The molecule has 1 saturated heterocycles. The van der Waals surface area contributed by atoms with Crippen LogP contribution in [0.15, 0.2) is 59.5 Å². The van der Waals surface area contributed by atoms with Gasteiger partial charge in [0.1, 0.15) is 0 Å². The minimum atomic E-state index is -1.08. The fraction of sp³-hybridized carbons (Fsp3) is 0.316. The average molecular weight is 342 g/mol. The molecule has 2 aromatic carbocycles. The molecule has 0 aromatic heterocycles. The first-order valence-corrected chi connectivity index (χ1v) is 9.61. The van der Waals surface area contributed by atoms with E-state index in [1.165, 1.54) is 0 Å². The van der Waals surface area contributed by atoms with Gasteiger partial charge in [-0.1, -0.05) is 36.8 Å². The van der Waals surface area contributed by atoms with E-state index in [-0.39, 0.29) is 11.9 Å². The Labute approximate surface area is 145 Å². The lowest BCUT2D eigenvalue weighted by molar-refractivity contribution is -0.118. The molecule has 0 bridgehead atoms. The molecule has 0 saturated carbocycles. The van der Waals surface area contributed by atoms with Crippen molar-refractivity contribution in [2.75, 3.05) is 11.9 Å². The number of rotatable bonds is 5. The molecule has 2 aromatic rings. The summed E-state index contributed by atoms with van der Waals surface area (Å²) in [7, 11) is -1.08. The first kappa shape index (κ1) is 16.9. The zero-order valence-electron chi connectivity index (χ0n) is 13.5. The van der Waals surface area contributed by atoms with Crippen molar-refractivity contribution in [3.05, 3.63) is 60.2 Å². The number of carbonyl (C=O) groups is 1. The molecule has 0 spiro atoms. The third kappa shape index (κ3) is 4.52. The highest BCUT2D eigenvalue weighted by Crippen LogP contribution is 2.17. The predicted molar refractivity (Wildman–Crippen MR) is 97.3 cm³/mol. The molecule has 2 unspecified atom stereocenters. The highest BCUT2D eigenvalue weighted by Gasteiger charge is 2.20. The predicted octanol–water partition coefficient (Wildman–Crippen LogP) is 3.08. The van der Waals surface area contributed by atoms with Crippen LogP contribution >= 0.6 is 0 Å². The molecule has 0 radical (unpaired) electrons. The van der Waals surface area contributed by atoms with Crippen LogP contribution in [0.2, 0.25) is 0 Å². The molecule has 0 aliphatic carbocycles. The van der Waals surface area contributed by atoms with Crippen LogP contribution in [-0.4, -0.2) is 22.7 Å². The van der Waals surface area contributed by atoms with Crippen LogP contribution < -0.4 is 10.6 Å². The molecule has 4 nitrogen and oxygen atoms in total. The summed E-state index contributed by atoms with van der Waals surface area (Å²) in [6.07, 6.45) is 3.09. The second kappa shape index (κ2) is 8.22. The van der Waals surface area contributed by atoms with Gasteiger partial charge in [-0.3, -0.25) is 9.00 Å². The topological polar surface area (TPSA) is 58.2 Å². The summed E-state index contributed by atoms with van der Waals surface area (Å²) in [6, 6.07) is 16.9. The molecule has 2 atom stereocenters. The third-order valence-corrected chi connectivity index (χ3v) is 5.52. The maximum atomic E-state index is 12.4. The number of piperidine rings is 1. The molecular formula is C19H22N2O2S. The van der Waals surface area contributed by atoms with E-state index >= 15 is 0 Å². The monoisotopic (exact) mass is 342 g/mol. The lowest BCUT2D eigenvalue weighted by atomic mass is 10.0. The Bertz CT molecular complexity index is 712. The molecule has 2 N–H and O–H groups in total. The molecule has 24 heavy (non-hydrogen) atoms. The normalized spacial score (nSPS) is 18.8. The SMILES string of the molecule is O=C(Nc1cccc(CS(=O)c2ccccc2)c1)C1CCCCN1. The van der Waals surface area contributed by atoms with Crippen molar-refractivity contribution < 1.29 is 9.00 Å². The smallest absolute Gasteiger partial charge is 0.241 e. The van der Waals surface area contributed by atoms with E-state index in [0.717, 1.165) is 42.0 Å². The molecule has 126 valence electrons.